The topological polar surface area (TPSA) is 119 Å². The van der Waals surface area contributed by atoms with E-state index in [4.69, 9.17) is 14.2 Å². The number of halogens is 5. The van der Waals surface area contributed by atoms with Gasteiger partial charge in [-0.05, 0) is 63.7 Å². The number of carbonyl (C=O) groups is 2. The number of thioether (sulfide) groups is 1. The highest BCUT2D eigenvalue weighted by Gasteiger charge is 2.64. The maximum atomic E-state index is 13.5. The molecule has 5 unspecified atom stereocenters. The minimum Gasteiger partial charge on any atom is -0.743 e. The molecule has 0 aromatic heterocycles. The zero-order valence-corrected chi connectivity index (χ0v) is 22.2. The summed E-state index contributed by atoms with van der Waals surface area (Å²) in [6.07, 6.45) is -4.02. The van der Waals surface area contributed by atoms with Gasteiger partial charge >= 0.3 is 17.2 Å². The van der Waals surface area contributed by atoms with E-state index in [1.165, 1.54) is 11.8 Å². The fraction of sp³-hybridized carbons (Fsp3) is 0.556. The Labute approximate surface area is 217 Å². The summed E-state index contributed by atoms with van der Waals surface area (Å²) in [7, 11) is -6.18. The number of alkyl halides is 3. The molecule has 0 radical (unpaired) electrons. The molecule has 2 saturated heterocycles. The van der Waals surface area contributed by atoms with E-state index in [1.54, 1.807) is 6.07 Å². The Morgan fingerprint density at radius 2 is 2.06 bits per heavy atom. The van der Waals surface area contributed by atoms with E-state index in [0.29, 0.717) is 11.3 Å². The Hall–Kier alpha value is -0.530. The molecule has 0 saturated carbocycles. The zero-order valence-electron chi connectivity index (χ0n) is 16.3. The van der Waals surface area contributed by atoms with Crippen molar-refractivity contribution in [3.05, 3.63) is 24.8 Å². The molecule has 2 fully saturated rings. The number of hydrogen-bond acceptors (Lipinski definition) is 9. The van der Waals surface area contributed by atoms with Gasteiger partial charge in [0.1, 0.15) is 5.56 Å². The molecule has 3 aliphatic heterocycles. The second-order valence-electron chi connectivity index (χ2n) is 7.72. The number of hydrogen-bond donors (Lipinski definition) is 0. The van der Waals surface area contributed by atoms with Crippen LogP contribution in [0.1, 0.15) is 29.6 Å². The lowest BCUT2D eigenvalue weighted by Crippen LogP contribution is -2.53. The van der Waals surface area contributed by atoms with Crippen LogP contribution in [-0.2, 0) is 24.4 Å². The van der Waals surface area contributed by atoms with Crippen molar-refractivity contribution < 1.29 is 49.9 Å². The standard InChI is InChI=1S/C18H15F3I2O8S2/c19-12(18(20,21)33(26,27)28)1-2-29-15(24)8-5-13-17(6-11(8)32-13)30-14-9(16(25)31-17)3-7(22)4-10(14)23/h3-4,8,11-13H,1-2,5-6H2,(H,26,27,28)/p-1. The van der Waals surface area contributed by atoms with Crippen molar-refractivity contribution in [2.24, 2.45) is 5.92 Å². The number of carbonyl (C=O) groups excluding carboxylic acids is 2. The summed E-state index contributed by atoms with van der Waals surface area (Å²) in [5.41, 5.74) is 0.318. The number of rotatable bonds is 6. The van der Waals surface area contributed by atoms with Gasteiger partial charge in [0, 0.05) is 21.7 Å². The molecule has 15 heteroatoms. The van der Waals surface area contributed by atoms with Crippen LogP contribution in [-0.4, -0.2) is 59.2 Å². The Morgan fingerprint density at radius 3 is 2.67 bits per heavy atom. The molecule has 4 rings (SSSR count). The summed E-state index contributed by atoms with van der Waals surface area (Å²) in [5.74, 6) is -2.77. The maximum Gasteiger partial charge on any atom is 0.364 e. The minimum atomic E-state index is -6.18. The monoisotopic (exact) mass is 733 g/mol. The molecule has 1 aromatic rings. The zero-order chi connectivity index (χ0) is 24.3. The highest BCUT2D eigenvalue weighted by Crippen LogP contribution is 2.58. The van der Waals surface area contributed by atoms with Gasteiger partial charge in [0.05, 0.1) is 21.3 Å². The SMILES string of the molecule is O=C1OC2(CC3SC2CC3C(=O)OCCC(F)C(F)(F)S(=O)(=O)[O-])Oc2c(I)cc(I)cc21. The van der Waals surface area contributed by atoms with Crippen molar-refractivity contribution in [3.63, 3.8) is 0 Å². The summed E-state index contributed by atoms with van der Waals surface area (Å²) in [4.78, 5) is 25.0. The first-order valence-electron chi connectivity index (χ1n) is 9.46. The summed E-state index contributed by atoms with van der Waals surface area (Å²) in [6.45, 7) is -0.815. The normalized spacial score (nSPS) is 29.4. The molecule has 182 valence electrons. The van der Waals surface area contributed by atoms with Gasteiger partial charge in [-0.15, -0.1) is 11.8 Å². The van der Waals surface area contributed by atoms with Crippen LogP contribution in [0.15, 0.2) is 12.1 Å². The van der Waals surface area contributed by atoms with Gasteiger partial charge in [0.2, 0.25) is 0 Å². The summed E-state index contributed by atoms with van der Waals surface area (Å²) in [5, 5.41) is -5.83. The molecule has 33 heavy (non-hydrogen) atoms. The predicted octanol–water partition coefficient (Wildman–Crippen LogP) is 3.44. The van der Waals surface area contributed by atoms with Gasteiger partial charge in [-0.25, -0.2) is 17.6 Å². The highest BCUT2D eigenvalue weighted by atomic mass is 127. The van der Waals surface area contributed by atoms with E-state index in [1.807, 2.05) is 6.07 Å². The molecule has 3 heterocycles. The maximum absolute atomic E-state index is 13.5. The van der Waals surface area contributed by atoms with Crippen LogP contribution in [0.5, 0.6) is 5.75 Å². The Bertz CT molecular complexity index is 1120. The Morgan fingerprint density at radius 1 is 1.36 bits per heavy atom. The largest absolute Gasteiger partial charge is 0.743 e. The number of benzene rings is 1. The number of ether oxygens (including phenoxy) is 3. The average Bonchev–Trinajstić information content (AvgIpc) is 3.26. The molecule has 0 N–H and O–H groups in total. The first-order valence-corrected chi connectivity index (χ1v) is 14.0. The van der Waals surface area contributed by atoms with E-state index < -0.39 is 58.2 Å². The smallest absolute Gasteiger partial charge is 0.364 e. The van der Waals surface area contributed by atoms with E-state index in [2.05, 4.69) is 45.2 Å². The van der Waals surface area contributed by atoms with Crippen LogP contribution in [0.3, 0.4) is 0 Å². The van der Waals surface area contributed by atoms with Gasteiger partial charge in [-0.2, -0.15) is 8.78 Å². The minimum absolute atomic E-state index is 0.202. The quantitative estimate of drug-likeness (QED) is 0.246. The van der Waals surface area contributed by atoms with Gasteiger partial charge < -0.3 is 18.8 Å². The second kappa shape index (κ2) is 8.85. The molecule has 5 atom stereocenters. The molecule has 0 amide bonds. The summed E-state index contributed by atoms with van der Waals surface area (Å²) in [6, 6.07) is 3.51. The van der Waals surface area contributed by atoms with Crippen molar-refractivity contribution >= 4 is 79.0 Å². The summed E-state index contributed by atoms with van der Waals surface area (Å²) < 4.78 is 89.5. The van der Waals surface area contributed by atoms with Gasteiger partial charge in [-0.3, -0.25) is 4.79 Å². The van der Waals surface area contributed by atoms with Crippen LogP contribution < -0.4 is 4.74 Å². The van der Waals surface area contributed by atoms with Crippen molar-refractivity contribution in [2.75, 3.05) is 6.61 Å². The lowest BCUT2D eigenvalue weighted by Gasteiger charge is -2.41. The van der Waals surface area contributed by atoms with Crippen LogP contribution in [0.25, 0.3) is 0 Å². The van der Waals surface area contributed by atoms with Crippen molar-refractivity contribution in [1.82, 2.24) is 0 Å². The van der Waals surface area contributed by atoms with Crippen LogP contribution >= 0.6 is 56.9 Å². The van der Waals surface area contributed by atoms with E-state index in [0.717, 1.165) is 7.14 Å². The van der Waals surface area contributed by atoms with Crippen LogP contribution in [0.2, 0.25) is 0 Å². The van der Waals surface area contributed by atoms with Crippen molar-refractivity contribution in [1.29, 1.82) is 0 Å². The van der Waals surface area contributed by atoms with E-state index >= 15 is 0 Å². The van der Waals surface area contributed by atoms with Crippen molar-refractivity contribution in [2.45, 2.75) is 47.0 Å². The fourth-order valence-electron chi connectivity index (χ4n) is 4.01. The summed E-state index contributed by atoms with van der Waals surface area (Å²) >= 11 is 5.53. The molecule has 0 aliphatic carbocycles. The fourth-order valence-corrected chi connectivity index (χ4v) is 8.27. The first-order chi connectivity index (χ1) is 15.2. The Balaban J connectivity index is 1.37. The molecule has 1 spiro atoms. The van der Waals surface area contributed by atoms with Gasteiger partial charge in [0.25, 0.3) is 5.79 Å². The third-order valence-electron chi connectivity index (χ3n) is 5.62. The number of fused-ring (bicyclic) bond motifs is 4. The molecular formula is C18H14F3I2O8S2-. The van der Waals surface area contributed by atoms with Crippen LogP contribution in [0.4, 0.5) is 13.2 Å². The van der Waals surface area contributed by atoms with Crippen LogP contribution in [0, 0.1) is 13.1 Å². The molecular weight excluding hydrogens is 719 g/mol. The van der Waals surface area contributed by atoms with Gasteiger partial charge in [-0.1, -0.05) is 0 Å². The molecule has 8 nitrogen and oxygen atoms in total. The third kappa shape index (κ3) is 4.55. The van der Waals surface area contributed by atoms with E-state index in [-0.39, 0.29) is 23.3 Å². The van der Waals surface area contributed by atoms with E-state index in [9.17, 15) is 35.7 Å². The first kappa shape index (κ1) is 25.6. The lowest BCUT2D eigenvalue weighted by atomic mass is 9.84. The molecule has 3 aliphatic rings. The lowest BCUT2D eigenvalue weighted by molar-refractivity contribution is -0.172. The molecule has 1 aromatic carbocycles. The number of esters is 2. The average molecular weight is 733 g/mol. The Kier molecular flexibility index (Phi) is 6.85. The second-order valence-corrected chi connectivity index (χ2v) is 13.0. The van der Waals surface area contributed by atoms with Gasteiger partial charge in [0.15, 0.2) is 22.0 Å². The molecule has 2 bridgehead atoms. The van der Waals surface area contributed by atoms with Crippen molar-refractivity contribution in [3.8, 4) is 5.75 Å². The third-order valence-corrected chi connectivity index (χ3v) is 9.69. The highest BCUT2D eigenvalue weighted by molar-refractivity contribution is 14.1. The predicted molar refractivity (Wildman–Crippen MR) is 124 cm³/mol.